The number of rotatable bonds is 5. The Labute approximate surface area is 125 Å². The molecule has 0 saturated carbocycles. The summed E-state index contributed by atoms with van der Waals surface area (Å²) in [7, 11) is 0. The number of aliphatic hydroxyl groups is 1. The van der Waals surface area contributed by atoms with E-state index in [9.17, 15) is 5.11 Å². The maximum atomic E-state index is 9.51. The van der Waals surface area contributed by atoms with Gasteiger partial charge in [-0.25, -0.2) is 0 Å². The van der Waals surface area contributed by atoms with E-state index in [0.717, 1.165) is 45.0 Å². The molecule has 3 heterocycles. The Hall–Kier alpha value is -1.63. The van der Waals surface area contributed by atoms with Crippen LogP contribution in [-0.4, -0.2) is 58.9 Å². The van der Waals surface area contributed by atoms with Gasteiger partial charge in [0.05, 0.1) is 12.6 Å². The SMILES string of the molecule is CCNc1nc(N2CCCC2)nc(N2CCCC2CO)n1. The maximum absolute atomic E-state index is 9.51. The van der Waals surface area contributed by atoms with Crippen molar-refractivity contribution in [2.24, 2.45) is 0 Å². The Bertz CT molecular complexity index is 477. The largest absolute Gasteiger partial charge is 0.394 e. The zero-order valence-electron chi connectivity index (χ0n) is 12.6. The van der Waals surface area contributed by atoms with Crippen molar-refractivity contribution >= 4 is 17.8 Å². The molecular formula is C14H24N6O. The average molecular weight is 292 g/mol. The molecule has 2 fully saturated rings. The van der Waals surface area contributed by atoms with Crippen molar-refractivity contribution in [3.05, 3.63) is 0 Å². The second-order valence-corrected chi connectivity index (χ2v) is 5.66. The standard InChI is InChI=1S/C14H24N6O/c1-2-15-12-16-13(19-7-3-4-8-19)18-14(17-12)20-9-5-6-11(20)10-21/h11,21H,2-10H2,1H3,(H,15,16,17,18). The summed E-state index contributed by atoms with van der Waals surface area (Å²) in [4.78, 5) is 18.0. The van der Waals surface area contributed by atoms with Crippen LogP contribution in [0.4, 0.5) is 17.8 Å². The highest BCUT2D eigenvalue weighted by atomic mass is 16.3. The molecule has 0 radical (unpaired) electrons. The lowest BCUT2D eigenvalue weighted by Gasteiger charge is -2.25. The Balaban J connectivity index is 1.90. The number of aromatic nitrogens is 3. The van der Waals surface area contributed by atoms with Crippen molar-refractivity contribution in [2.45, 2.75) is 38.6 Å². The fourth-order valence-corrected chi connectivity index (χ4v) is 3.07. The van der Waals surface area contributed by atoms with E-state index < -0.39 is 0 Å². The van der Waals surface area contributed by atoms with Gasteiger partial charge in [0.25, 0.3) is 0 Å². The molecule has 2 aliphatic rings. The number of hydrogen-bond donors (Lipinski definition) is 2. The lowest BCUT2D eigenvalue weighted by Crippen LogP contribution is -2.34. The van der Waals surface area contributed by atoms with Gasteiger partial charge in [0.15, 0.2) is 0 Å². The van der Waals surface area contributed by atoms with E-state index in [1.54, 1.807) is 0 Å². The molecule has 3 rings (SSSR count). The van der Waals surface area contributed by atoms with Gasteiger partial charge in [0.2, 0.25) is 17.8 Å². The van der Waals surface area contributed by atoms with Crippen LogP contribution >= 0.6 is 0 Å². The third kappa shape index (κ3) is 3.02. The highest BCUT2D eigenvalue weighted by Gasteiger charge is 2.28. The third-order valence-electron chi connectivity index (χ3n) is 4.18. The van der Waals surface area contributed by atoms with Crippen molar-refractivity contribution in [1.29, 1.82) is 0 Å². The minimum Gasteiger partial charge on any atom is -0.394 e. The molecule has 7 nitrogen and oxygen atoms in total. The van der Waals surface area contributed by atoms with E-state index in [-0.39, 0.29) is 12.6 Å². The molecule has 2 N–H and O–H groups in total. The van der Waals surface area contributed by atoms with Crippen molar-refractivity contribution in [1.82, 2.24) is 15.0 Å². The Morgan fingerprint density at radius 1 is 1.10 bits per heavy atom. The maximum Gasteiger partial charge on any atom is 0.232 e. The van der Waals surface area contributed by atoms with Gasteiger partial charge in [0, 0.05) is 26.2 Å². The summed E-state index contributed by atoms with van der Waals surface area (Å²) in [6.45, 7) is 5.90. The Morgan fingerprint density at radius 2 is 1.86 bits per heavy atom. The van der Waals surface area contributed by atoms with Crippen LogP contribution in [0.2, 0.25) is 0 Å². The van der Waals surface area contributed by atoms with Crippen LogP contribution in [0.5, 0.6) is 0 Å². The zero-order valence-corrected chi connectivity index (χ0v) is 12.6. The summed E-state index contributed by atoms with van der Waals surface area (Å²) >= 11 is 0. The molecule has 7 heteroatoms. The van der Waals surface area contributed by atoms with Crippen LogP contribution in [0, 0.1) is 0 Å². The summed E-state index contributed by atoms with van der Waals surface area (Å²) < 4.78 is 0. The van der Waals surface area contributed by atoms with E-state index >= 15 is 0 Å². The molecule has 2 saturated heterocycles. The number of nitrogens with zero attached hydrogens (tertiary/aromatic N) is 5. The van der Waals surface area contributed by atoms with Gasteiger partial charge in [-0.05, 0) is 32.6 Å². The molecule has 1 aromatic rings. The normalized spacial score (nSPS) is 22.1. The fraction of sp³-hybridized carbons (Fsp3) is 0.786. The number of hydrogen-bond acceptors (Lipinski definition) is 7. The van der Waals surface area contributed by atoms with Crippen molar-refractivity contribution in [3.8, 4) is 0 Å². The first-order valence-electron chi connectivity index (χ1n) is 7.94. The molecular weight excluding hydrogens is 268 g/mol. The van der Waals surface area contributed by atoms with Crippen molar-refractivity contribution in [2.75, 3.05) is 47.9 Å². The second-order valence-electron chi connectivity index (χ2n) is 5.66. The molecule has 0 spiro atoms. The molecule has 0 aromatic carbocycles. The predicted octanol–water partition coefficient (Wildman–Crippen LogP) is 0.865. The second kappa shape index (κ2) is 6.43. The highest BCUT2D eigenvalue weighted by molar-refractivity contribution is 5.46. The van der Waals surface area contributed by atoms with Gasteiger partial charge in [-0.1, -0.05) is 0 Å². The summed E-state index contributed by atoms with van der Waals surface area (Å²) in [5.41, 5.74) is 0. The summed E-state index contributed by atoms with van der Waals surface area (Å²) in [5, 5.41) is 12.7. The molecule has 1 unspecified atom stereocenters. The number of anilines is 3. The Kier molecular flexibility index (Phi) is 4.38. The van der Waals surface area contributed by atoms with Gasteiger partial charge in [-0.2, -0.15) is 15.0 Å². The molecule has 2 aliphatic heterocycles. The van der Waals surface area contributed by atoms with E-state index in [2.05, 4.69) is 30.1 Å². The molecule has 1 atom stereocenters. The minimum atomic E-state index is 0.133. The van der Waals surface area contributed by atoms with E-state index in [4.69, 9.17) is 0 Å². The van der Waals surface area contributed by atoms with Crippen LogP contribution in [0.15, 0.2) is 0 Å². The monoisotopic (exact) mass is 292 g/mol. The first-order valence-corrected chi connectivity index (χ1v) is 7.94. The summed E-state index contributed by atoms with van der Waals surface area (Å²) in [6, 6.07) is 0.133. The van der Waals surface area contributed by atoms with E-state index in [1.165, 1.54) is 12.8 Å². The third-order valence-corrected chi connectivity index (χ3v) is 4.18. The number of aliphatic hydroxyl groups excluding tert-OH is 1. The van der Waals surface area contributed by atoms with Gasteiger partial charge in [-0.15, -0.1) is 0 Å². The average Bonchev–Trinajstić information content (AvgIpc) is 3.18. The molecule has 21 heavy (non-hydrogen) atoms. The summed E-state index contributed by atoms with van der Waals surface area (Å²) in [5.74, 6) is 2.09. The van der Waals surface area contributed by atoms with Crippen molar-refractivity contribution in [3.63, 3.8) is 0 Å². The van der Waals surface area contributed by atoms with Crippen LogP contribution in [0.25, 0.3) is 0 Å². The van der Waals surface area contributed by atoms with Crippen LogP contribution in [0.3, 0.4) is 0 Å². The van der Waals surface area contributed by atoms with Crippen LogP contribution in [-0.2, 0) is 0 Å². The zero-order chi connectivity index (χ0) is 14.7. The first kappa shape index (κ1) is 14.3. The minimum absolute atomic E-state index is 0.133. The lowest BCUT2D eigenvalue weighted by molar-refractivity contribution is 0.265. The molecule has 0 amide bonds. The van der Waals surface area contributed by atoms with Gasteiger partial charge in [0.1, 0.15) is 0 Å². The van der Waals surface area contributed by atoms with Gasteiger partial charge in [-0.3, -0.25) is 0 Å². The highest BCUT2D eigenvalue weighted by Crippen LogP contribution is 2.25. The smallest absolute Gasteiger partial charge is 0.232 e. The molecule has 116 valence electrons. The van der Waals surface area contributed by atoms with E-state index in [1.807, 2.05) is 6.92 Å². The van der Waals surface area contributed by atoms with Gasteiger partial charge < -0.3 is 20.2 Å². The van der Waals surface area contributed by atoms with Gasteiger partial charge >= 0.3 is 0 Å². The lowest BCUT2D eigenvalue weighted by atomic mass is 10.2. The summed E-state index contributed by atoms with van der Waals surface area (Å²) in [6.07, 6.45) is 4.46. The first-order chi connectivity index (χ1) is 10.3. The molecule has 0 aliphatic carbocycles. The van der Waals surface area contributed by atoms with E-state index in [0.29, 0.717) is 11.9 Å². The molecule has 0 bridgehead atoms. The van der Waals surface area contributed by atoms with Crippen LogP contribution in [0.1, 0.15) is 32.6 Å². The number of nitrogens with one attached hydrogen (secondary N) is 1. The van der Waals surface area contributed by atoms with Crippen LogP contribution < -0.4 is 15.1 Å². The fourth-order valence-electron chi connectivity index (χ4n) is 3.07. The predicted molar refractivity (Wildman–Crippen MR) is 82.9 cm³/mol. The topological polar surface area (TPSA) is 77.4 Å². The quantitative estimate of drug-likeness (QED) is 0.833. The van der Waals surface area contributed by atoms with Crippen molar-refractivity contribution < 1.29 is 5.11 Å². The molecule has 1 aromatic heterocycles. The Morgan fingerprint density at radius 3 is 2.57 bits per heavy atom.